The molecule has 1 N–H and O–H groups in total. The minimum Gasteiger partial charge on any atom is -0.481 e. The second-order valence-electron chi connectivity index (χ2n) is 7.81. The molecule has 4 rings (SSSR count). The summed E-state index contributed by atoms with van der Waals surface area (Å²) in [6, 6.07) is 18.5. The van der Waals surface area contributed by atoms with Crippen LogP contribution in [-0.2, 0) is 28.0 Å². The molecule has 1 fully saturated rings. The van der Waals surface area contributed by atoms with Crippen LogP contribution >= 0.6 is 0 Å². The number of carbonyl (C=O) groups excluding carboxylic acids is 1. The fourth-order valence-electron chi connectivity index (χ4n) is 4.63. The Hall–Kier alpha value is -2.62. The lowest BCUT2D eigenvalue weighted by Gasteiger charge is -2.24. The summed E-state index contributed by atoms with van der Waals surface area (Å²) in [5.74, 6) is -0.592. The average Bonchev–Trinajstić information content (AvgIpc) is 3.29. The number of carboxylic acid groups (broad SMARTS) is 1. The number of hydrogen-bond acceptors (Lipinski definition) is 2. The first kappa shape index (κ1) is 17.8. The van der Waals surface area contributed by atoms with Gasteiger partial charge in [-0.15, -0.1) is 0 Å². The Labute approximate surface area is 159 Å². The van der Waals surface area contributed by atoms with Crippen molar-refractivity contribution >= 4 is 11.9 Å². The molecule has 0 heterocycles. The van der Waals surface area contributed by atoms with E-state index in [1.807, 2.05) is 35.2 Å². The monoisotopic (exact) mass is 363 g/mol. The molecule has 2 aromatic carbocycles. The molecule has 140 valence electrons. The number of aryl methyl sites for hydroxylation is 1. The van der Waals surface area contributed by atoms with E-state index in [0.717, 1.165) is 24.8 Å². The van der Waals surface area contributed by atoms with Crippen LogP contribution in [0.3, 0.4) is 0 Å². The molecule has 0 saturated heterocycles. The largest absolute Gasteiger partial charge is 0.481 e. The van der Waals surface area contributed by atoms with Crippen molar-refractivity contribution in [2.24, 2.45) is 5.92 Å². The Morgan fingerprint density at radius 1 is 1.07 bits per heavy atom. The third-order valence-corrected chi connectivity index (χ3v) is 6.11. The van der Waals surface area contributed by atoms with Crippen molar-refractivity contribution in [3.8, 4) is 0 Å². The van der Waals surface area contributed by atoms with Crippen molar-refractivity contribution in [3.05, 3.63) is 71.3 Å². The van der Waals surface area contributed by atoms with Gasteiger partial charge in [0.15, 0.2) is 0 Å². The van der Waals surface area contributed by atoms with Gasteiger partial charge in [-0.3, -0.25) is 9.59 Å². The normalized spacial score (nSPS) is 22.4. The molecule has 1 saturated carbocycles. The van der Waals surface area contributed by atoms with Crippen LogP contribution < -0.4 is 0 Å². The van der Waals surface area contributed by atoms with E-state index in [-0.39, 0.29) is 23.7 Å². The van der Waals surface area contributed by atoms with E-state index in [0.29, 0.717) is 19.5 Å². The van der Waals surface area contributed by atoms with Gasteiger partial charge in [0.1, 0.15) is 0 Å². The van der Waals surface area contributed by atoms with E-state index in [1.165, 1.54) is 11.1 Å². The Morgan fingerprint density at radius 2 is 1.81 bits per heavy atom. The molecular weight excluding hydrogens is 338 g/mol. The number of fused-ring (bicyclic) bond motifs is 2. The molecule has 2 aliphatic carbocycles. The lowest BCUT2D eigenvalue weighted by atomic mass is 9.95. The summed E-state index contributed by atoms with van der Waals surface area (Å²) in [7, 11) is 0. The van der Waals surface area contributed by atoms with Crippen molar-refractivity contribution in [1.29, 1.82) is 0 Å². The highest BCUT2D eigenvalue weighted by molar-refractivity contribution is 5.85. The topological polar surface area (TPSA) is 57.6 Å². The van der Waals surface area contributed by atoms with Crippen LogP contribution in [0.25, 0.3) is 0 Å². The number of carboxylic acids is 1. The number of carbonyl (C=O) groups is 2. The molecule has 4 heteroatoms. The van der Waals surface area contributed by atoms with Crippen molar-refractivity contribution in [2.75, 3.05) is 6.54 Å². The maximum atomic E-state index is 13.3. The summed E-state index contributed by atoms with van der Waals surface area (Å²) >= 11 is 0. The molecule has 27 heavy (non-hydrogen) atoms. The number of rotatable bonds is 7. The molecule has 1 amide bonds. The maximum absolute atomic E-state index is 13.3. The first-order chi connectivity index (χ1) is 13.1. The molecule has 2 atom stereocenters. The molecular formula is C23H25NO3. The molecule has 2 unspecified atom stereocenters. The van der Waals surface area contributed by atoms with Crippen LogP contribution in [0.1, 0.15) is 42.4 Å². The minimum atomic E-state index is -0.810. The lowest BCUT2D eigenvalue weighted by molar-refractivity contribution is -0.138. The second kappa shape index (κ2) is 7.18. The van der Waals surface area contributed by atoms with Gasteiger partial charge in [0.05, 0.1) is 0 Å². The van der Waals surface area contributed by atoms with Crippen LogP contribution in [0.15, 0.2) is 54.6 Å². The van der Waals surface area contributed by atoms with Crippen molar-refractivity contribution in [1.82, 2.24) is 4.90 Å². The van der Waals surface area contributed by atoms with Gasteiger partial charge in [-0.25, -0.2) is 0 Å². The van der Waals surface area contributed by atoms with Gasteiger partial charge in [0.25, 0.3) is 0 Å². The lowest BCUT2D eigenvalue weighted by Crippen LogP contribution is -2.34. The summed E-state index contributed by atoms with van der Waals surface area (Å²) < 4.78 is 0. The molecule has 4 nitrogen and oxygen atoms in total. The minimum absolute atomic E-state index is 0.0232. The molecule has 0 aromatic heterocycles. The predicted octanol–water partition coefficient (Wildman–Crippen LogP) is 3.78. The van der Waals surface area contributed by atoms with E-state index in [4.69, 9.17) is 5.11 Å². The molecule has 2 aliphatic rings. The van der Waals surface area contributed by atoms with Crippen molar-refractivity contribution in [3.63, 3.8) is 0 Å². The highest BCUT2D eigenvalue weighted by Crippen LogP contribution is 2.62. The number of amides is 1. The molecule has 2 aromatic rings. The fourth-order valence-corrected chi connectivity index (χ4v) is 4.63. The van der Waals surface area contributed by atoms with Crippen LogP contribution in [0.4, 0.5) is 0 Å². The van der Waals surface area contributed by atoms with Gasteiger partial charge < -0.3 is 10.0 Å². The quantitative estimate of drug-likeness (QED) is 0.814. The van der Waals surface area contributed by atoms with E-state index in [1.54, 1.807) is 0 Å². The summed E-state index contributed by atoms with van der Waals surface area (Å²) in [5, 5.41) is 8.95. The van der Waals surface area contributed by atoms with Gasteiger partial charge in [-0.1, -0.05) is 54.6 Å². The molecule has 1 spiro atoms. The van der Waals surface area contributed by atoms with E-state index < -0.39 is 5.97 Å². The smallest absolute Gasteiger partial charge is 0.303 e. The third-order valence-electron chi connectivity index (χ3n) is 6.11. The zero-order valence-corrected chi connectivity index (χ0v) is 15.4. The Bertz CT molecular complexity index is 848. The van der Waals surface area contributed by atoms with E-state index in [9.17, 15) is 9.59 Å². The SMILES string of the molecule is O=C(O)CCCN(Cc1ccccc1)C(=O)C1CC12CCc1ccccc12. The van der Waals surface area contributed by atoms with Gasteiger partial charge in [0, 0.05) is 30.8 Å². The Kier molecular flexibility index (Phi) is 4.73. The fraction of sp³-hybridized carbons (Fsp3) is 0.391. The van der Waals surface area contributed by atoms with Crippen LogP contribution in [0.2, 0.25) is 0 Å². The van der Waals surface area contributed by atoms with Crippen LogP contribution in [-0.4, -0.2) is 28.4 Å². The summed E-state index contributed by atoms with van der Waals surface area (Å²) in [6.07, 6.45) is 3.61. The highest BCUT2D eigenvalue weighted by Gasteiger charge is 2.61. The first-order valence-corrected chi connectivity index (χ1v) is 9.73. The summed E-state index contributed by atoms with van der Waals surface area (Å²) in [4.78, 5) is 26.1. The van der Waals surface area contributed by atoms with Crippen LogP contribution in [0.5, 0.6) is 0 Å². The Morgan fingerprint density at radius 3 is 2.59 bits per heavy atom. The van der Waals surface area contributed by atoms with E-state index in [2.05, 4.69) is 24.3 Å². The van der Waals surface area contributed by atoms with Gasteiger partial charge in [-0.2, -0.15) is 0 Å². The van der Waals surface area contributed by atoms with Gasteiger partial charge >= 0.3 is 5.97 Å². The standard InChI is InChI=1S/C23H25NO3/c25-21(26)11-6-14-24(16-17-7-2-1-3-8-17)22(27)20-15-23(20)13-12-18-9-4-5-10-19(18)23/h1-5,7-10,20H,6,11-16H2,(H,25,26). The third kappa shape index (κ3) is 3.48. The number of benzene rings is 2. The molecule has 0 aliphatic heterocycles. The summed E-state index contributed by atoms with van der Waals surface area (Å²) in [5.41, 5.74) is 3.85. The van der Waals surface area contributed by atoms with E-state index >= 15 is 0 Å². The summed E-state index contributed by atoms with van der Waals surface area (Å²) in [6.45, 7) is 1.04. The maximum Gasteiger partial charge on any atom is 0.303 e. The predicted molar refractivity (Wildman–Crippen MR) is 103 cm³/mol. The molecule has 0 radical (unpaired) electrons. The van der Waals surface area contributed by atoms with Crippen LogP contribution in [0, 0.1) is 5.92 Å². The molecule has 0 bridgehead atoms. The Balaban J connectivity index is 1.50. The zero-order valence-electron chi connectivity index (χ0n) is 15.4. The number of aliphatic carboxylic acids is 1. The number of hydrogen-bond donors (Lipinski definition) is 1. The average molecular weight is 363 g/mol. The zero-order chi connectivity index (χ0) is 18.9. The van der Waals surface area contributed by atoms with Crippen molar-refractivity contribution in [2.45, 2.75) is 44.1 Å². The highest BCUT2D eigenvalue weighted by atomic mass is 16.4. The number of nitrogens with zero attached hydrogens (tertiary/aromatic N) is 1. The first-order valence-electron chi connectivity index (χ1n) is 9.73. The van der Waals surface area contributed by atoms with Crippen molar-refractivity contribution < 1.29 is 14.7 Å². The van der Waals surface area contributed by atoms with Gasteiger partial charge in [0.2, 0.25) is 5.91 Å². The second-order valence-corrected chi connectivity index (χ2v) is 7.81. The van der Waals surface area contributed by atoms with Gasteiger partial charge in [-0.05, 0) is 42.4 Å².